The Morgan fingerprint density at radius 3 is 2.68 bits per heavy atom. The van der Waals surface area contributed by atoms with Crippen molar-refractivity contribution in [3.05, 3.63) is 50.6 Å². The van der Waals surface area contributed by atoms with Crippen molar-refractivity contribution in [2.24, 2.45) is 0 Å². The first-order valence-corrected chi connectivity index (χ1v) is 15.7. The Hall–Kier alpha value is -2.67. The largest absolute Gasteiger partial charge is 0.482 e. The Kier molecular flexibility index (Phi) is 6.61. The Morgan fingerprint density at radius 1 is 1.13 bits per heavy atom. The molecular weight excluding hydrogens is 524 g/mol. The number of ether oxygens (including phenoxy) is 1. The minimum absolute atomic E-state index is 0.0838. The van der Waals surface area contributed by atoms with Crippen molar-refractivity contribution >= 4 is 33.8 Å². The van der Waals surface area contributed by atoms with Gasteiger partial charge in [-0.2, -0.15) is 0 Å². The van der Waals surface area contributed by atoms with Gasteiger partial charge in [0, 0.05) is 32.5 Å². The van der Waals surface area contributed by atoms with Crippen LogP contribution in [0.1, 0.15) is 64.3 Å². The molecule has 3 aliphatic heterocycles. The molecule has 0 bridgehead atoms. The Bertz CT molecular complexity index is 1390. The molecule has 10 nitrogen and oxygen atoms in total. The smallest absolute Gasteiger partial charge is 0.261 e. The zero-order valence-corrected chi connectivity index (χ0v) is 23.6. The molecule has 6 rings (SSSR count). The van der Waals surface area contributed by atoms with Gasteiger partial charge in [-0.3, -0.25) is 18.2 Å². The van der Waals surface area contributed by atoms with Gasteiger partial charge in [0.05, 0.1) is 38.4 Å². The first-order valence-electron chi connectivity index (χ1n) is 13.2. The van der Waals surface area contributed by atoms with Gasteiger partial charge in [0.2, 0.25) is 0 Å². The van der Waals surface area contributed by atoms with E-state index >= 15 is 0 Å². The van der Waals surface area contributed by atoms with Crippen molar-refractivity contribution in [1.82, 2.24) is 24.4 Å². The van der Waals surface area contributed by atoms with Crippen molar-refractivity contribution < 1.29 is 18.6 Å². The molecule has 204 valence electrons. The Balaban J connectivity index is 1.26. The fourth-order valence-electron chi connectivity index (χ4n) is 5.88. The molecule has 1 fully saturated rings. The first kappa shape index (κ1) is 25.6. The fraction of sp³-hybridized carbons (Fsp3) is 0.538. The van der Waals surface area contributed by atoms with E-state index in [0.717, 1.165) is 65.0 Å². The van der Waals surface area contributed by atoms with E-state index in [-0.39, 0.29) is 18.6 Å². The second-order valence-electron chi connectivity index (χ2n) is 10.1. The molecule has 6 heterocycles. The van der Waals surface area contributed by atoms with Gasteiger partial charge in [0.25, 0.3) is 5.91 Å². The Labute approximate surface area is 228 Å². The van der Waals surface area contributed by atoms with Crippen LogP contribution in [0, 0.1) is 13.8 Å². The quantitative estimate of drug-likeness (QED) is 0.460. The van der Waals surface area contributed by atoms with Crippen LogP contribution >= 0.6 is 22.1 Å². The van der Waals surface area contributed by atoms with Gasteiger partial charge in [-0.25, -0.2) is 15.0 Å². The summed E-state index contributed by atoms with van der Waals surface area (Å²) >= 11 is 1.65. The molecule has 0 spiro atoms. The Morgan fingerprint density at radius 2 is 1.97 bits per heavy atom. The third kappa shape index (κ3) is 4.37. The molecule has 12 heteroatoms. The average molecular weight is 559 g/mol. The van der Waals surface area contributed by atoms with E-state index < -0.39 is 10.8 Å². The number of imidazole rings is 1. The highest BCUT2D eigenvalue weighted by Crippen LogP contribution is 2.50. The van der Waals surface area contributed by atoms with Gasteiger partial charge in [0.15, 0.2) is 6.61 Å². The van der Waals surface area contributed by atoms with E-state index in [0.29, 0.717) is 42.5 Å². The maximum absolute atomic E-state index is 13.7. The number of rotatable bonds is 6. The number of hydrogen-bond donors (Lipinski definition) is 2. The number of thiazole rings is 1. The number of pyridine rings is 1. The topological polar surface area (TPSA) is 117 Å². The lowest BCUT2D eigenvalue weighted by Gasteiger charge is -2.37. The van der Waals surface area contributed by atoms with Gasteiger partial charge in [-0.05, 0) is 45.2 Å². The molecule has 0 aliphatic carbocycles. The van der Waals surface area contributed by atoms with Crippen molar-refractivity contribution in [1.29, 1.82) is 0 Å². The second kappa shape index (κ2) is 9.82. The van der Waals surface area contributed by atoms with Crippen molar-refractivity contribution in [2.75, 3.05) is 29.8 Å². The summed E-state index contributed by atoms with van der Waals surface area (Å²) in [5.74, 6) is 2.48. The number of fused-ring (bicyclic) bond motifs is 3. The van der Waals surface area contributed by atoms with Crippen LogP contribution < -0.4 is 9.04 Å². The molecule has 1 saturated heterocycles. The highest BCUT2D eigenvalue weighted by Gasteiger charge is 2.39. The van der Waals surface area contributed by atoms with Crippen LogP contribution in [0.15, 0.2) is 12.1 Å². The maximum Gasteiger partial charge on any atom is 0.261 e. The summed E-state index contributed by atoms with van der Waals surface area (Å²) in [4.78, 5) is 31.0. The van der Waals surface area contributed by atoms with E-state index in [1.54, 1.807) is 27.8 Å². The third-order valence-corrected chi connectivity index (χ3v) is 10.6. The van der Waals surface area contributed by atoms with E-state index in [1.807, 2.05) is 25.7 Å². The predicted molar refractivity (Wildman–Crippen MR) is 148 cm³/mol. The molecule has 1 unspecified atom stereocenters. The lowest BCUT2D eigenvalue weighted by atomic mass is 9.99. The number of hydrogen-bond acceptors (Lipinski definition) is 9. The molecule has 3 aromatic rings. The SMILES string of the molecule is CCc1nc(N2CCCS2(O)O)ccc1OCC(=O)N1CCc2nc3n(c2C1c1sc(C)nc1C)CCC3. The third-order valence-electron chi connectivity index (χ3n) is 7.60. The average Bonchev–Trinajstić information content (AvgIpc) is 3.65. The van der Waals surface area contributed by atoms with Crippen LogP contribution in [0.5, 0.6) is 5.75 Å². The molecule has 3 aromatic heterocycles. The van der Waals surface area contributed by atoms with Gasteiger partial charge in [-0.15, -0.1) is 22.1 Å². The highest BCUT2D eigenvalue weighted by atomic mass is 32.3. The van der Waals surface area contributed by atoms with Crippen molar-refractivity contribution in [3.8, 4) is 5.75 Å². The summed E-state index contributed by atoms with van der Waals surface area (Å²) in [5.41, 5.74) is 3.88. The number of nitrogens with zero attached hydrogens (tertiary/aromatic N) is 6. The van der Waals surface area contributed by atoms with E-state index in [1.165, 1.54) is 0 Å². The van der Waals surface area contributed by atoms with E-state index in [2.05, 4.69) is 14.5 Å². The molecule has 2 N–H and O–H groups in total. The number of aryl methyl sites for hydroxylation is 4. The standard InChI is InChI=1S/C26H34N6O4S2/c1-4-18-20(8-9-22(28-18)32-12-6-14-38(32,34)35)36-15-23(33)31-13-10-19-24(30-11-5-7-21(30)29-19)25(31)26-16(2)27-17(3)37-26/h8-9,25,34-35H,4-7,10-15H2,1-3H3. The summed E-state index contributed by atoms with van der Waals surface area (Å²) in [7, 11) is -2.82. The lowest BCUT2D eigenvalue weighted by Crippen LogP contribution is -2.43. The molecule has 0 saturated carbocycles. The van der Waals surface area contributed by atoms with Crippen LogP contribution in [-0.2, 0) is 30.6 Å². The number of aromatic nitrogens is 4. The zero-order valence-electron chi connectivity index (χ0n) is 22.0. The number of carbonyl (C=O) groups excluding carboxylic acids is 1. The molecule has 0 radical (unpaired) electrons. The van der Waals surface area contributed by atoms with Crippen LogP contribution in [0.2, 0.25) is 0 Å². The molecular formula is C26H34N6O4S2. The van der Waals surface area contributed by atoms with Crippen molar-refractivity contribution in [2.45, 2.75) is 65.5 Å². The summed E-state index contributed by atoms with van der Waals surface area (Å²) in [6.45, 7) is 7.97. The van der Waals surface area contributed by atoms with Gasteiger partial charge in [0.1, 0.15) is 23.4 Å². The van der Waals surface area contributed by atoms with Gasteiger partial charge in [-0.1, -0.05) is 6.92 Å². The number of anilines is 1. The fourth-order valence-corrected chi connectivity index (χ4v) is 8.48. The summed E-state index contributed by atoms with van der Waals surface area (Å²) in [5, 5.41) is 0.989. The van der Waals surface area contributed by atoms with Gasteiger partial charge >= 0.3 is 0 Å². The van der Waals surface area contributed by atoms with Gasteiger partial charge < -0.3 is 14.2 Å². The second-order valence-corrected chi connectivity index (χ2v) is 13.4. The summed E-state index contributed by atoms with van der Waals surface area (Å²) < 4.78 is 30.7. The summed E-state index contributed by atoms with van der Waals surface area (Å²) in [6, 6.07) is 3.31. The van der Waals surface area contributed by atoms with Crippen LogP contribution in [-0.4, -0.2) is 64.9 Å². The van der Waals surface area contributed by atoms with E-state index in [9.17, 15) is 13.9 Å². The number of amides is 1. The van der Waals surface area contributed by atoms with Crippen LogP contribution in [0.3, 0.4) is 0 Å². The monoisotopic (exact) mass is 558 g/mol. The maximum atomic E-state index is 13.7. The van der Waals surface area contributed by atoms with Crippen LogP contribution in [0.25, 0.3) is 0 Å². The lowest BCUT2D eigenvalue weighted by molar-refractivity contribution is -0.135. The first-order chi connectivity index (χ1) is 18.3. The predicted octanol–water partition coefficient (Wildman–Crippen LogP) is 4.29. The molecule has 3 aliphatic rings. The molecule has 1 atom stereocenters. The minimum atomic E-state index is -2.82. The normalized spacial score (nSPS) is 20.9. The number of carbonyl (C=O) groups is 1. The van der Waals surface area contributed by atoms with Crippen LogP contribution in [0.4, 0.5) is 5.82 Å². The van der Waals surface area contributed by atoms with Crippen molar-refractivity contribution in [3.63, 3.8) is 0 Å². The van der Waals surface area contributed by atoms with E-state index in [4.69, 9.17) is 9.72 Å². The zero-order chi connectivity index (χ0) is 26.6. The minimum Gasteiger partial charge on any atom is -0.482 e. The molecule has 38 heavy (non-hydrogen) atoms. The highest BCUT2D eigenvalue weighted by molar-refractivity contribution is 8.25. The molecule has 1 amide bonds. The summed E-state index contributed by atoms with van der Waals surface area (Å²) in [6.07, 6.45) is 4.10. The molecule has 0 aromatic carbocycles.